The Labute approximate surface area is 352 Å². The van der Waals surface area contributed by atoms with E-state index in [9.17, 15) is 92.8 Å². The van der Waals surface area contributed by atoms with E-state index in [4.69, 9.17) is 5.11 Å². The molecule has 30 heteroatoms. The summed E-state index contributed by atoms with van der Waals surface area (Å²) in [5.41, 5.74) is -6.87. The van der Waals surface area contributed by atoms with Gasteiger partial charge in [-0.05, 0) is 60.3 Å². The third kappa shape index (κ3) is 8.90. The molecule has 0 saturated heterocycles. The van der Waals surface area contributed by atoms with Gasteiger partial charge in [0.25, 0.3) is 56.1 Å². The van der Waals surface area contributed by atoms with E-state index in [0.29, 0.717) is 24.3 Å². The topological polar surface area (TPSA) is 423 Å². The minimum absolute atomic E-state index is 0.0656. The number of carboxylic acids is 1. The van der Waals surface area contributed by atoms with Crippen molar-refractivity contribution in [2.24, 2.45) is 0 Å². The number of fused-ring (bicyclic) bond motifs is 2. The van der Waals surface area contributed by atoms with Crippen molar-refractivity contribution in [3.63, 3.8) is 0 Å². The summed E-state index contributed by atoms with van der Waals surface area (Å²) in [6.45, 7) is 0. The predicted octanol–water partition coefficient (Wildman–Crippen LogP) is 0.320. The van der Waals surface area contributed by atoms with Crippen molar-refractivity contribution in [3.05, 3.63) is 102 Å². The summed E-state index contributed by atoms with van der Waals surface area (Å²) in [7, 11) is -32.5. The number of carboxylic acid groups (broad SMARTS) is 1. The Balaban J connectivity index is 1.91. The van der Waals surface area contributed by atoms with Crippen molar-refractivity contribution in [3.8, 4) is 0 Å². The Morgan fingerprint density at radius 1 is 0.587 bits per heavy atom. The van der Waals surface area contributed by atoms with Crippen LogP contribution in [-0.4, -0.2) is 100 Å². The second kappa shape index (κ2) is 15.5. The SMILES string of the molecule is O=C(O)CCCS(=O)(=O)c1cc(Nc2cc(S(=O)(=O)O)c3nc(=O)c(=C(O)c4cccc(S(=O)(=O)O)c4)c4c5cc(S(=O)(=O)O)ccc5c(=O)c2c3=4)c(S(=O)(=O)O)cc1S(=O)(=O)O. The molecule has 1 aliphatic carbocycles. The number of hydrogen-bond acceptors (Lipinski definition) is 18. The Kier molecular flexibility index (Phi) is 11.5. The van der Waals surface area contributed by atoms with Crippen LogP contribution < -0.4 is 21.5 Å². The largest absolute Gasteiger partial charge is 0.506 e. The summed E-state index contributed by atoms with van der Waals surface area (Å²) < 4.78 is 202. The van der Waals surface area contributed by atoms with Gasteiger partial charge in [0.15, 0.2) is 15.3 Å². The molecule has 63 heavy (non-hydrogen) atoms. The molecule has 1 heterocycles. The molecule has 0 aromatic heterocycles. The molecule has 24 nitrogen and oxygen atoms in total. The lowest BCUT2D eigenvalue weighted by atomic mass is 9.96. The number of aliphatic hydroxyl groups excluding tert-OH is 1. The Morgan fingerprint density at radius 3 is 1.71 bits per heavy atom. The fourth-order valence-electron chi connectivity index (χ4n) is 6.55. The van der Waals surface area contributed by atoms with E-state index in [2.05, 4.69) is 10.3 Å². The fraction of sp³-hybridized carbons (Fsp3) is 0.0909. The zero-order valence-electron chi connectivity index (χ0n) is 30.5. The quantitative estimate of drug-likeness (QED) is 0.0722. The molecule has 0 atom stereocenters. The number of rotatable bonds is 13. The van der Waals surface area contributed by atoms with E-state index in [0.717, 1.165) is 24.3 Å². The molecular formula is C33H24N2O22S6. The summed E-state index contributed by atoms with van der Waals surface area (Å²) in [4.78, 5) is 35.2. The van der Waals surface area contributed by atoms with Crippen molar-refractivity contribution >= 4 is 105 Å². The lowest BCUT2D eigenvalue weighted by molar-refractivity contribution is -0.137. The highest BCUT2D eigenvalue weighted by Crippen LogP contribution is 2.37. The molecule has 6 rings (SSSR count). The van der Waals surface area contributed by atoms with Gasteiger partial charge in [0.2, 0.25) is 0 Å². The first kappa shape index (κ1) is 46.7. The number of aliphatic hydroxyl groups is 1. The van der Waals surface area contributed by atoms with Crippen LogP contribution in [0, 0.1) is 10.4 Å². The highest BCUT2D eigenvalue weighted by atomic mass is 32.2. The average Bonchev–Trinajstić information content (AvgIpc) is 3.14. The lowest BCUT2D eigenvalue weighted by Crippen LogP contribution is -2.33. The second-order valence-electron chi connectivity index (χ2n) is 13.2. The van der Waals surface area contributed by atoms with Gasteiger partial charge in [-0.2, -0.15) is 42.1 Å². The van der Waals surface area contributed by atoms with Crippen LogP contribution in [0.1, 0.15) is 18.4 Å². The molecule has 334 valence electrons. The van der Waals surface area contributed by atoms with E-state index < -0.39 is 185 Å². The molecule has 0 fully saturated rings. The number of nitrogens with zero attached hydrogens (tertiary/aromatic N) is 1. The Morgan fingerprint density at radius 2 is 1.16 bits per heavy atom. The number of aromatic nitrogens is 1. The molecule has 0 spiro atoms. The van der Waals surface area contributed by atoms with Gasteiger partial charge in [0, 0.05) is 27.8 Å². The standard InChI is InChI=1S/C33H24N2O22S6/c36-25(37)5-2-8-58(41,42)22-11-19(21(61(49,50)51)13-23(22)62(52,53)54)34-20-12-24(63(55,56)57)30-28-26(18-10-16(60(46,47)48)6-7-17(18)32(39)27(20)28)29(33(40)35-30)31(38)14-3-1-4-15(9-14)59(43,44)45/h1,3-4,6-7,9-13,34,38H,2,5,8H2,(H,36,37)(H,43,44,45)(H,46,47,48)(H,49,50,51)(H,52,53,54)(H,55,56,57). The number of carbonyl (C=O) groups is 1. The highest BCUT2D eigenvalue weighted by molar-refractivity contribution is 7.93. The molecule has 8 N–H and O–H groups in total. The van der Waals surface area contributed by atoms with Gasteiger partial charge in [-0.25, -0.2) is 13.4 Å². The van der Waals surface area contributed by atoms with E-state index in [-0.39, 0.29) is 12.1 Å². The zero-order valence-corrected chi connectivity index (χ0v) is 35.4. The molecule has 0 unspecified atom stereocenters. The molecule has 0 saturated carbocycles. The normalized spacial score (nSPS) is 13.7. The summed E-state index contributed by atoms with van der Waals surface area (Å²) >= 11 is 0. The highest BCUT2D eigenvalue weighted by Gasteiger charge is 2.32. The summed E-state index contributed by atoms with van der Waals surface area (Å²) in [5.74, 6) is -3.90. The zero-order chi connectivity index (χ0) is 47.2. The average molecular weight is 993 g/mol. The first-order valence-electron chi connectivity index (χ1n) is 16.6. The van der Waals surface area contributed by atoms with Gasteiger partial charge in [0.1, 0.15) is 20.4 Å². The number of anilines is 2. The molecule has 0 bridgehead atoms. The van der Waals surface area contributed by atoms with Crippen LogP contribution in [-0.2, 0) is 65.2 Å². The van der Waals surface area contributed by atoms with Crippen LogP contribution in [0.2, 0.25) is 0 Å². The van der Waals surface area contributed by atoms with Crippen LogP contribution in [0.3, 0.4) is 0 Å². The van der Waals surface area contributed by atoms with Crippen LogP contribution in [0.25, 0.3) is 27.4 Å². The maximum absolute atomic E-state index is 14.5. The van der Waals surface area contributed by atoms with Crippen molar-refractivity contribution in [1.82, 2.24) is 4.98 Å². The van der Waals surface area contributed by atoms with Crippen molar-refractivity contribution in [1.29, 1.82) is 0 Å². The van der Waals surface area contributed by atoms with Crippen molar-refractivity contribution in [2.75, 3.05) is 11.1 Å². The van der Waals surface area contributed by atoms with E-state index in [1.54, 1.807) is 0 Å². The molecule has 1 aliphatic heterocycles. The Hall–Kier alpha value is -5.80. The van der Waals surface area contributed by atoms with Crippen molar-refractivity contribution in [2.45, 2.75) is 42.2 Å². The van der Waals surface area contributed by atoms with Crippen LogP contribution in [0.4, 0.5) is 11.4 Å². The number of sulfone groups is 1. The monoisotopic (exact) mass is 992 g/mol. The molecular weight excluding hydrogens is 969 g/mol. The fourth-order valence-corrected chi connectivity index (χ4v) is 11.7. The summed E-state index contributed by atoms with van der Waals surface area (Å²) in [6.07, 6.45) is -1.49. The molecule has 0 radical (unpaired) electrons. The smallest absolute Gasteiger partial charge is 0.303 e. The number of hydrogen-bond donors (Lipinski definition) is 8. The predicted molar refractivity (Wildman–Crippen MR) is 213 cm³/mol. The van der Waals surface area contributed by atoms with Crippen molar-refractivity contribution < 1.29 is 88.3 Å². The number of benzene rings is 4. The van der Waals surface area contributed by atoms with E-state index in [1.807, 2.05) is 0 Å². The van der Waals surface area contributed by atoms with Gasteiger partial charge in [-0.1, -0.05) is 12.1 Å². The van der Waals surface area contributed by atoms with E-state index >= 15 is 0 Å². The minimum Gasteiger partial charge on any atom is -0.506 e. The summed E-state index contributed by atoms with van der Waals surface area (Å²) in [5, 5.41) is 17.7. The van der Waals surface area contributed by atoms with E-state index in [1.165, 1.54) is 0 Å². The second-order valence-corrected chi connectivity index (χ2v) is 22.3. The van der Waals surface area contributed by atoms with Crippen LogP contribution >= 0.6 is 0 Å². The maximum Gasteiger partial charge on any atom is 0.303 e. The first-order chi connectivity index (χ1) is 28.7. The third-order valence-corrected chi connectivity index (χ3v) is 15.5. The molecule has 4 aromatic rings. The van der Waals surface area contributed by atoms with Gasteiger partial charge in [-0.15, -0.1) is 0 Å². The number of aliphatic carboxylic acids is 1. The van der Waals surface area contributed by atoms with Crippen LogP contribution in [0.5, 0.6) is 0 Å². The number of nitrogens with one attached hydrogen (secondary N) is 1. The maximum atomic E-state index is 14.5. The third-order valence-electron chi connectivity index (χ3n) is 9.15. The van der Waals surface area contributed by atoms with Gasteiger partial charge >= 0.3 is 5.97 Å². The van der Waals surface area contributed by atoms with Crippen LogP contribution in [0.15, 0.2) is 99.6 Å². The minimum atomic E-state index is -5.77. The van der Waals surface area contributed by atoms with Gasteiger partial charge < -0.3 is 15.5 Å². The van der Waals surface area contributed by atoms with Gasteiger partial charge in [0.05, 0.1) is 47.9 Å². The molecule has 0 amide bonds. The molecule has 2 aliphatic rings. The Bertz CT molecular complexity index is 3970. The summed E-state index contributed by atoms with van der Waals surface area (Å²) in [6, 6.07) is 5.86. The first-order valence-corrected chi connectivity index (χ1v) is 25.4. The van der Waals surface area contributed by atoms with Gasteiger partial charge in [-0.3, -0.25) is 37.1 Å². The lowest BCUT2D eigenvalue weighted by Gasteiger charge is -2.18. The molecule has 4 aromatic carbocycles.